The summed E-state index contributed by atoms with van der Waals surface area (Å²) in [7, 11) is 0. The first-order valence-electron chi connectivity index (χ1n) is 11.0. The van der Waals surface area contributed by atoms with Gasteiger partial charge in [0.1, 0.15) is 6.54 Å². The van der Waals surface area contributed by atoms with Crippen molar-refractivity contribution in [1.29, 1.82) is 0 Å². The number of aromatic amines is 1. The van der Waals surface area contributed by atoms with Crippen molar-refractivity contribution in [2.24, 2.45) is 0 Å². The van der Waals surface area contributed by atoms with Gasteiger partial charge in [0, 0.05) is 40.8 Å². The van der Waals surface area contributed by atoms with E-state index in [1.54, 1.807) is 4.90 Å². The van der Waals surface area contributed by atoms with Gasteiger partial charge in [0.05, 0.1) is 6.04 Å². The van der Waals surface area contributed by atoms with E-state index in [1.165, 1.54) is 0 Å². The van der Waals surface area contributed by atoms with E-state index in [0.29, 0.717) is 12.1 Å². The maximum Gasteiger partial charge on any atom is 0.255 e. The predicted octanol–water partition coefficient (Wildman–Crippen LogP) is 3.90. The first kappa shape index (κ1) is 23.8. The van der Waals surface area contributed by atoms with Gasteiger partial charge in [0.2, 0.25) is 5.91 Å². The van der Waals surface area contributed by atoms with Gasteiger partial charge in [0.15, 0.2) is 0 Å². The van der Waals surface area contributed by atoms with Crippen molar-refractivity contribution >= 4 is 35.1 Å². The highest BCUT2D eigenvalue weighted by atomic mass is 35.5. The van der Waals surface area contributed by atoms with Crippen molar-refractivity contribution in [2.75, 3.05) is 32.7 Å². The largest absolute Gasteiger partial charge is 0.358 e. The molecule has 3 aromatic rings. The molecule has 1 unspecified atom stereocenters. The molecule has 7 heteroatoms. The molecule has 0 saturated heterocycles. The molecule has 0 aliphatic carbocycles. The number of rotatable bonds is 8. The second kappa shape index (κ2) is 10.2. The zero-order chi connectivity index (χ0) is 22.0. The van der Waals surface area contributed by atoms with E-state index in [-0.39, 0.29) is 36.8 Å². The number of aromatic nitrogens is 1. The van der Waals surface area contributed by atoms with Crippen LogP contribution in [0, 0.1) is 6.92 Å². The van der Waals surface area contributed by atoms with Crippen LogP contribution in [0.3, 0.4) is 0 Å². The van der Waals surface area contributed by atoms with E-state index in [9.17, 15) is 9.59 Å². The standard InChI is InChI=1S/C25H30N4O2.ClH/c1-4-28(5-2)15-14-26-22(30)16-29-24(18-10-6-7-11-19(18)25(29)31)23-17(3)27-21-13-9-8-12-20(21)23;/h6-13,24,27H,4-5,14-16H2,1-3H3,(H,26,30);1H. The first-order chi connectivity index (χ1) is 15.0. The minimum atomic E-state index is -0.284. The monoisotopic (exact) mass is 454 g/mol. The number of carbonyl (C=O) groups excluding carboxylic acids is 2. The van der Waals surface area contributed by atoms with Crippen molar-refractivity contribution in [2.45, 2.75) is 26.8 Å². The van der Waals surface area contributed by atoms with Gasteiger partial charge in [-0.2, -0.15) is 0 Å². The fourth-order valence-electron chi connectivity index (χ4n) is 4.60. The summed E-state index contributed by atoms with van der Waals surface area (Å²) in [5, 5.41) is 4.08. The molecule has 0 radical (unpaired) electrons. The fourth-order valence-corrected chi connectivity index (χ4v) is 4.60. The number of fused-ring (bicyclic) bond motifs is 2. The zero-order valence-electron chi connectivity index (χ0n) is 18.9. The minimum absolute atomic E-state index is 0. The number of aryl methyl sites for hydroxylation is 1. The van der Waals surface area contributed by atoms with E-state index in [2.05, 4.69) is 35.1 Å². The van der Waals surface area contributed by atoms with Crippen molar-refractivity contribution in [3.63, 3.8) is 0 Å². The highest BCUT2D eigenvalue weighted by molar-refractivity contribution is 6.02. The van der Waals surface area contributed by atoms with Gasteiger partial charge >= 0.3 is 0 Å². The number of para-hydroxylation sites is 1. The number of H-pyrrole nitrogens is 1. The van der Waals surface area contributed by atoms with E-state index < -0.39 is 0 Å². The summed E-state index contributed by atoms with van der Waals surface area (Å²) in [5.41, 5.74) is 4.74. The summed E-state index contributed by atoms with van der Waals surface area (Å²) in [4.78, 5) is 33.5. The van der Waals surface area contributed by atoms with Gasteiger partial charge in [-0.3, -0.25) is 9.59 Å². The molecule has 2 N–H and O–H groups in total. The Kier molecular flexibility index (Phi) is 7.59. The summed E-state index contributed by atoms with van der Waals surface area (Å²) < 4.78 is 0. The predicted molar refractivity (Wildman–Crippen MR) is 130 cm³/mol. The fraction of sp³-hybridized carbons (Fsp3) is 0.360. The topological polar surface area (TPSA) is 68.4 Å². The Bertz CT molecular complexity index is 1110. The molecule has 2 aromatic carbocycles. The van der Waals surface area contributed by atoms with E-state index >= 15 is 0 Å². The maximum atomic E-state index is 13.3. The second-order valence-corrected chi connectivity index (χ2v) is 8.01. The normalized spacial score (nSPS) is 15.2. The molecule has 0 spiro atoms. The number of carbonyl (C=O) groups is 2. The van der Waals surface area contributed by atoms with Gasteiger partial charge in [-0.25, -0.2) is 0 Å². The molecular formula is C25H31ClN4O2. The lowest BCUT2D eigenvalue weighted by Crippen LogP contribution is -2.42. The highest BCUT2D eigenvalue weighted by Gasteiger charge is 2.40. The Hall–Kier alpha value is -2.83. The summed E-state index contributed by atoms with van der Waals surface area (Å²) in [6, 6.07) is 15.5. The van der Waals surface area contributed by atoms with Crippen LogP contribution in [-0.2, 0) is 4.79 Å². The Morgan fingerprint density at radius 3 is 2.53 bits per heavy atom. The van der Waals surface area contributed by atoms with E-state index in [1.807, 2.05) is 49.4 Å². The molecule has 1 atom stereocenters. The van der Waals surface area contributed by atoms with Crippen molar-refractivity contribution in [3.8, 4) is 0 Å². The molecule has 1 aliphatic heterocycles. The lowest BCUT2D eigenvalue weighted by molar-refractivity contribution is -0.122. The van der Waals surface area contributed by atoms with Gasteiger partial charge in [-0.15, -0.1) is 12.4 Å². The molecule has 170 valence electrons. The average molecular weight is 455 g/mol. The molecule has 0 bridgehead atoms. The molecular weight excluding hydrogens is 424 g/mol. The molecule has 6 nitrogen and oxygen atoms in total. The molecule has 0 saturated carbocycles. The van der Waals surface area contributed by atoms with Crippen LogP contribution in [0.5, 0.6) is 0 Å². The van der Waals surface area contributed by atoms with Gasteiger partial charge in [-0.05, 0) is 37.7 Å². The molecule has 0 fully saturated rings. The van der Waals surface area contributed by atoms with Crippen LogP contribution in [0.4, 0.5) is 0 Å². The zero-order valence-corrected chi connectivity index (χ0v) is 19.7. The third-order valence-corrected chi connectivity index (χ3v) is 6.23. The van der Waals surface area contributed by atoms with Crippen molar-refractivity contribution in [1.82, 2.24) is 20.1 Å². The van der Waals surface area contributed by atoms with Crippen LogP contribution >= 0.6 is 12.4 Å². The lowest BCUT2D eigenvalue weighted by atomic mass is 9.95. The molecule has 32 heavy (non-hydrogen) atoms. The third kappa shape index (κ3) is 4.38. The van der Waals surface area contributed by atoms with Crippen LogP contribution in [0.1, 0.15) is 47.1 Å². The highest BCUT2D eigenvalue weighted by Crippen LogP contribution is 2.42. The summed E-state index contributed by atoms with van der Waals surface area (Å²) >= 11 is 0. The Morgan fingerprint density at radius 1 is 1.09 bits per heavy atom. The summed E-state index contributed by atoms with van der Waals surface area (Å²) in [6.45, 7) is 9.57. The molecule has 4 rings (SSSR count). The average Bonchev–Trinajstić information content (AvgIpc) is 3.24. The maximum absolute atomic E-state index is 13.3. The quantitative estimate of drug-likeness (QED) is 0.542. The number of hydrogen-bond donors (Lipinski definition) is 2. The number of benzene rings is 2. The number of likely N-dealkylation sites (N-methyl/N-ethyl adjacent to an activating group) is 1. The Balaban J connectivity index is 0.00000289. The number of nitrogens with one attached hydrogen (secondary N) is 2. The number of halogens is 1. The molecule has 2 heterocycles. The van der Waals surface area contributed by atoms with E-state index in [4.69, 9.17) is 0 Å². The number of amides is 2. The smallest absolute Gasteiger partial charge is 0.255 e. The van der Waals surface area contributed by atoms with Gasteiger partial charge < -0.3 is 20.1 Å². The lowest BCUT2D eigenvalue weighted by Gasteiger charge is -2.26. The molecule has 2 amide bonds. The number of hydrogen-bond acceptors (Lipinski definition) is 3. The minimum Gasteiger partial charge on any atom is -0.358 e. The van der Waals surface area contributed by atoms with Crippen molar-refractivity contribution < 1.29 is 9.59 Å². The molecule has 1 aromatic heterocycles. The Labute approximate surface area is 195 Å². The van der Waals surface area contributed by atoms with E-state index in [0.717, 1.165) is 47.4 Å². The van der Waals surface area contributed by atoms with Gasteiger partial charge in [-0.1, -0.05) is 50.2 Å². The van der Waals surface area contributed by atoms with Gasteiger partial charge in [0.25, 0.3) is 5.91 Å². The second-order valence-electron chi connectivity index (χ2n) is 8.01. The SMILES string of the molecule is CCN(CC)CCNC(=O)CN1C(=O)c2ccccc2C1c1c(C)[nH]c2ccccc12.Cl. The summed E-state index contributed by atoms with van der Waals surface area (Å²) in [6.07, 6.45) is 0. The van der Waals surface area contributed by atoms with Crippen LogP contribution < -0.4 is 5.32 Å². The van der Waals surface area contributed by atoms with Crippen molar-refractivity contribution in [3.05, 3.63) is 70.9 Å². The van der Waals surface area contributed by atoms with Crippen LogP contribution in [0.2, 0.25) is 0 Å². The van der Waals surface area contributed by atoms with Crippen LogP contribution in [-0.4, -0.2) is 59.3 Å². The first-order valence-corrected chi connectivity index (χ1v) is 11.0. The van der Waals surface area contributed by atoms with Crippen LogP contribution in [0.15, 0.2) is 48.5 Å². The Morgan fingerprint density at radius 2 is 1.78 bits per heavy atom. The molecule has 1 aliphatic rings. The number of nitrogens with zero attached hydrogens (tertiary/aromatic N) is 2. The summed E-state index contributed by atoms with van der Waals surface area (Å²) in [5.74, 6) is -0.222. The van der Waals surface area contributed by atoms with Crippen LogP contribution in [0.25, 0.3) is 10.9 Å². The third-order valence-electron chi connectivity index (χ3n) is 6.23.